The summed E-state index contributed by atoms with van der Waals surface area (Å²) in [6.45, 7) is 3.82. The van der Waals surface area contributed by atoms with Gasteiger partial charge in [-0.25, -0.2) is 0 Å². The predicted octanol–water partition coefficient (Wildman–Crippen LogP) is 1.44. The van der Waals surface area contributed by atoms with Crippen molar-refractivity contribution in [3.63, 3.8) is 0 Å². The molecule has 0 aromatic heterocycles. The van der Waals surface area contributed by atoms with E-state index in [2.05, 4.69) is 6.92 Å². The van der Waals surface area contributed by atoms with Crippen molar-refractivity contribution in [2.45, 2.75) is 45.1 Å². The van der Waals surface area contributed by atoms with Crippen LogP contribution >= 0.6 is 0 Å². The van der Waals surface area contributed by atoms with Crippen LogP contribution in [0, 0.1) is 5.41 Å². The quantitative estimate of drug-likeness (QED) is 0.646. The molecule has 1 saturated heterocycles. The van der Waals surface area contributed by atoms with Crippen LogP contribution in [-0.2, 0) is 14.3 Å². The lowest BCUT2D eigenvalue weighted by Crippen LogP contribution is -2.41. The lowest BCUT2D eigenvalue weighted by atomic mass is 9.76. The molecule has 0 saturated carbocycles. The molecule has 5 nitrogen and oxygen atoms in total. The van der Waals surface area contributed by atoms with Gasteiger partial charge in [-0.05, 0) is 25.7 Å². The van der Waals surface area contributed by atoms with E-state index in [9.17, 15) is 15.0 Å². The van der Waals surface area contributed by atoms with Gasteiger partial charge in [0.25, 0.3) is 0 Å². The maximum absolute atomic E-state index is 11.4. The molecule has 1 atom stereocenters. The van der Waals surface area contributed by atoms with Gasteiger partial charge >= 0.3 is 5.97 Å². The van der Waals surface area contributed by atoms with Crippen LogP contribution < -0.4 is 0 Å². The zero-order chi connectivity index (χ0) is 13.4. The Bertz CT molecular complexity index is 248. The molecule has 0 aromatic rings. The highest BCUT2D eigenvalue weighted by Gasteiger charge is 2.41. The molecule has 1 fully saturated rings. The first-order valence-electron chi connectivity index (χ1n) is 6.67. The topological polar surface area (TPSA) is 76.0 Å². The Morgan fingerprint density at radius 2 is 2.11 bits per heavy atom. The molecule has 1 unspecified atom stereocenters. The summed E-state index contributed by atoms with van der Waals surface area (Å²) >= 11 is 0. The lowest BCUT2D eigenvalue weighted by Gasteiger charge is -2.34. The summed E-state index contributed by atoms with van der Waals surface area (Å²) in [5.41, 5.74) is -0.841. The average Bonchev–Trinajstić information content (AvgIpc) is 2.35. The first-order valence-corrected chi connectivity index (χ1v) is 6.67. The molecule has 0 amide bonds. The Balaban J connectivity index is 2.38. The van der Waals surface area contributed by atoms with Gasteiger partial charge in [-0.3, -0.25) is 4.79 Å². The van der Waals surface area contributed by atoms with E-state index in [0.717, 1.165) is 12.8 Å². The summed E-state index contributed by atoms with van der Waals surface area (Å²) < 4.78 is 10.5. The Labute approximate surface area is 108 Å². The third-order valence-electron chi connectivity index (χ3n) is 3.48. The van der Waals surface area contributed by atoms with Crippen molar-refractivity contribution >= 4 is 5.97 Å². The highest BCUT2D eigenvalue weighted by molar-refractivity contribution is 5.74. The third kappa shape index (κ3) is 4.55. The Hall–Kier alpha value is -0.650. The standard InChI is InChI=1S/C13H24O5/c1-2-3-6-18-10-11(14)9-13(12(15)16)4-7-17-8-5-13/h11,14H,2-10H2,1H3,(H,15,16). The normalized spacial score (nSPS) is 20.6. The number of aliphatic hydroxyl groups is 1. The second kappa shape index (κ2) is 7.71. The zero-order valence-electron chi connectivity index (χ0n) is 11.1. The molecule has 0 bridgehead atoms. The minimum atomic E-state index is -0.841. The minimum Gasteiger partial charge on any atom is -0.481 e. The van der Waals surface area contributed by atoms with E-state index >= 15 is 0 Å². The van der Waals surface area contributed by atoms with Crippen molar-refractivity contribution in [2.24, 2.45) is 5.41 Å². The van der Waals surface area contributed by atoms with E-state index in [1.807, 2.05) is 0 Å². The summed E-state index contributed by atoms with van der Waals surface area (Å²) in [6.07, 6.45) is 2.48. The van der Waals surface area contributed by atoms with Crippen molar-refractivity contribution in [1.82, 2.24) is 0 Å². The predicted molar refractivity (Wildman–Crippen MR) is 66.5 cm³/mol. The van der Waals surface area contributed by atoms with E-state index in [1.165, 1.54) is 0 Å². The largest absolute Gasteiger partial charge is 0.481 e. The van der Waals surface area contributed by atoms with Crippen molar-refractivity contribution in [2.75, 3.05) is 26.4 Å². The van der Waals surface area contributed by atoms with Gasteiger partial charge in [-0.1, -0.05) is 13.3 Å². The lowest BCUT2D eigenvalue weighted by molar-refractivity contribution is -0.158. The average molecular weight is 260 g/mol. The van der Waals surface area contributed by atoms with Crippen LogP contribution in [0.2, 0.25) is 0 Å². The van der Waals surface area contributed by atoms with E-state index in [4.69, 9.17) is 9.47 Å². The molecule has 106 valence electrons. The molecule has 0 aliphatic carbocycles. The van der Waals surface area contributed by atoms with Gasteiger partial charge < -0.3 is 19.7 Å². The third-order valence-corrected chi connectivity index (χ3v) is 3.48. The van der Waals surface area contributed by atoms with Gasteiger partial charge in [0.15, 0.2) is 0 Å². The zero-order valence-corrected chi connectivity index (χ0v) is 11.1. The molecular weight excluding hydrogens is 236 g/mol. The first kappa shape index (κ1) is 15.4. The number of carboxylic acid groups (broad SMARTS) is 1. The Morgan fingerprint density at radius 3 is 2.67 bits per heavy atom. The summed E-state index contributed by atoms with van der Waals surface area (Å²) in [4.78, 5) is 11.4. The van der Waals surface area contributed by atoms with Crippen LogP contribution in [-0.4, -0.2) is 48.7 Å². The highest BCUT2D eigenvalue weighted by atomic mass is 16.5. The number of aliphatic hydroxyl groups excluding tert-OH is 1. The summed E-state index contributed by atoms with van der Waals surface area (Å²) in [7, 11) is 0. The second-order valence-corrected chi connectivity index (χ2v) is 4.98. The molecule has 0 aromatic carbocycles. The smallest absolute Gasteiger partial charge is 0.309 e. The van der Waals surface area contributed by atoms with Crippen LogP contribution in [0.5, 0.6) is 0 Å². The van der Waals surface area contributed by atoms with Crippen LogP contribution in [0.25, 0.3) is 0 Å². The molecule has 0 spiro atoms. The van der Waals surface area contributed by atoms with Gasteiger partial charge in [-0.15, -0.1) is 0 Å². The first-order chi connectivity index (χ1) is 8.60. The fourth-order valence-electron chi connectivity index (χ4n) is 2.24. The van der Waals surface area contributed by atoms with Gasteiger partial charge in [0.1, 0.15) is 0 Å². The van der Waals surface area contributed by atoms with Crippen molar-refractivity contribution in [3.05, 3.63) is 0 Å². The summed E-state index contributed by atoms with van der Waals surface area (Å²) in [5.74, 6) is -0.835. The molecule has 1 rings (SSSR count). The number of aliphatic carboxylic acids is 1. The van der Waals surface area contributed by atoms with E-state index in [1.54, 1.807) is 0 Å². The van der Waals surface area contributed by atoms with Crippen LogP contribution in [0.15, 0.2) is 0 Å². The van der Waals surface area contributed by atoms with Crippen molar-refractivity contribution in [1.29, 1.82) is 0 Å². The number of carboxylic acids is 1. The Morgan fingerprint density at radius 1 is 1.44 bits per heavy atom. The maximum atomic E-state index is 11.4. The highest BCUT2D eigenvalue weighted by Crippen LogP contribution is 2.35. The number of hydrogen-bond acceptors (Lipinski definition) is 4. The van der Waals surface area contributed by atoms with E-state index in [-0.39, 0.29) is 13.0 Å². The molecular formula is C13H24O5. The molecule has 2 N–H and O–H groups in total. The molecule has 1 heterocycles. The Kier molecular flexibility index (Phi) is 6.60. The minimum absolute atomic E-state index is 0.218. The number of hydrogen-bond donors (Lipinski definition) is 2. The fourth-order valence-corrected chi connectivity index (χ4v) is 2.24. The number of unbranched alkanes of at least 4 members (excludes halogenated alkanes) is 1. The molecule has 1 aliphatic rings. The summed E-state index contributed by atoms with van der Waals surface area (Å²) in [6, 6.07) is 0. The van der Waals surface area contributed by atoms with E-state index < -0.39 is 17.5 Å². The number of ether oxygens (including phenoxy) is 2. The fraction of sp³-hybridized carbons (Fsp3) is 0.923. The van der Waals surface area contributed by atoms with E-state index in [0.29, 0.717) is 32.7 Å². The van der Waals surface area contributed by atoms with Crippen LogP contribution in [0.4, 0.5) is 0 Å². The van der Waals surface area contributed by atoms with Gasteiger partial charge in [-0.2, -0.15) is 0 Å². The number of rotatable bonds is 8. The number of carbonyl (C=O) groups is 1. The molecule has 0 radical (unpaired) electrons. The van der Waals surface area contributed by atoms with Crippen LogP contribution in [0.3, 0.4) is 0 Å². The monoisotopic (exact) mass is 260 g/mol. The SMILES string of the molecule is CCCCOCC(O)CC1(C(=O)O)CCOCC1. The molecule has 5 heteroatoms. The second-order valence-electron chi connectivity index (χ2n) is 4.98. The summed E-state index contributed by atoms with van der Waals surface area (Å²) in [5, 5.41) is 19.2. The van der Waals surface area contributed by atoms with Crippen molar-refractivity contribution in [3.8, 4) is 0 Å². The molecule has 1 aliphatic heterocycles. The van der Waals surface area contributed by atoms with Crippen LogP contribution in [0.1, 0.15) is 39.0 Å². The van der Waals surface area contributed by atoms with Crippen molar-refractivity contribution < 1.29 is 24.5 Å². The maximum Gasteiger partial charge on any atom is 0.309 e. The van der Waals surface area contributed by atoms with Gasteiger partial charge in [0, 0.05) is 19.8 Å². The molecule has 18 heavy (non-hydrogen) atoms. The van der Waals surface area contributed by atoms with Gasteiger partial charge in [0.05, 0.1) is 18.1 Å². The van der Waals surface area contributed by atoms with Gasteiger partial charge in [0.2, 0.25) is 0 Å².